The fraction of sp³-hybridized carbons (Fsp3) is 0.385. The van der Waals surface area contributed by atoms with Crippen LogP contribution in [0.1, 0.15) is 12.5 Å². The average molecular weight is 236 g/mol. The first-order valence-electron chi connectivity index (χ1n) is 5.51. The van der Waals surface area contributed by atoms with Crippen LogP contribution in [-0.4, -0.2) is 17.3 Å². The van der Waals surface area contributed by atoms with E-state index in [-0.39, 0.29) is 6.29 Å². The molecule has 0 fully saturated rings. The second-order valence-electron chi connectivity index (χ2n) is 3.60. The third-order valence-electron chi connectivity index (χ3n) is 2.44. The van der Waals surface area contributed by atoms with E-state index in [1.807, 2.05) is 17.8 Å². The van der Waals surface area contributed by atoms with E-state index >= 15 is 0 Å². The molecule has 1 heterocycles. The summed E-state index contributed by atoms with van der Waals surface area (Å²) in [5.41, 5.74) is 1.33. The molecule has 0 aromatic heterocycles. The Morgan fingerprint density at radius 1 is 1.19 bits per heavy atom. The minimum Gasteiger partial charge on any atom is -0.458 e. The third kappa shape index (κ3) is 2.95. The fourth-order valence-electron chi connectivity index (χ4n) is 1.72. The number of thioether (sulfide) groups is 1. The fourth-order valence-corrected chi connectivity index (χ4v) is 2.74. The Balaban J connectivity index is 1.97. The largest absolute Gasteiger partial charge is 0.458 e. The molecule has 0 aliphatic carbocycles. The lowest BCUT2D eigenvalue weighted by Crippen LogP contribution is -2.26. The summed E-state index contributed by atoms with van der Waals surface area (Å²) in [6, 6.07) is 10.5. The highest BCUT2D eigenvalue weighted by atomic mass is 32.2. The van der Waals surface area contributed by atoms with Crippen LogP contribution < -0.4 is 0 Å². The Labute approximate surface area is 101 Å². The summed E-state index contributed by atoms with van der Waals surface area (Å²) < 4.78 is 10.8. The molecule has 1 aliphatic rings. The SMILES string of the molecule is CCSC(Cc1ccccc1)C1OC=CO1. The molecule has 1 aliphatic heterocycles. The topological polar surface area (TPSA) is 18.5 Å². The second-order valence-corrected chi connectivity index (χ2v) is 5.11. The van der Waals surface area contributed by atoms with Crippen LogP contribution in [0, 0.1) is 0 Å². The number of ether oxygens (including phenoxy) is 2. The summed E-state index contributed by atoms with van der Waals surface area (Å²) in [5, 5.41) is 0.349. The smallest absolute Gasteiger partial charge is 0.251 e. The Kier molecular flexibility index (Phi) is 4.17. The second kappa shape index (κ2) is 5.85. The maximum absolute atomic E-state index is 5.42. The highest BCUT2D eigenvalue weighted by Gasteiger charge is 2.25. The van der Waals surface area contributed by atoms with Gasteiger partial charge in [-0.3, -0.25) is 0 Å². The van der Waals surface area contributed by atoms with Crippen LogP contribution in [0.15, 0.2) is 42.9 Å². The van der Waals surface area contributed by atoms with Gasteiger partial charge >= 0.3 is 0 Å². The van der Waals surface area contributed by atoms with Gasteiger partial charge in [0.1, 0.15) is 12.5 Å². The van der Waals surface area contributed by atoms with Crippen molar-refractivity contribution in [1.29, 1.82) is 0 Å². The lowest BCUT2D eigenvalue weighted by Gasteiger charge is -2.21. The number of hydrogen-bond donors (Lipinski definition) is 0. The van der Waals surface area contributed by atoms with Gasteiger partial charge in [-0.1, -0.05) is 37.3 Å². The van der Waals surface area contributed by atoms with Crippen molar-refractivity contribution in [3.8, 4) is 0 Å². The molecular formula is C13H16O2S. The van der Waals surface area contributed by atoms with Crippen LogP contribution in [0.25, 0.3) is 0 Å². The lowest BCUT2D eigenvalue weighted by molar-refractivity contribution is -0.0226. The van der Waals surface area contributed by atoms with E-state index in [2.05, 4.69) is 31.2 Å². The first kappa shape index (κ1) is 11.4. The number of benzene rings is 1. The van der Waals surface area contributed by atoms with Crippen molar-refractivity contribution in [3.05, 3.63) is 48.4 Å². The summed E-state index contributed by atoms with van der Waals surface area (Å²) in [6.07, 6.45) is 4.09. The van der Waals surface area contributed by atoms with Crippen LogP contribution in [-0.2, 0) is 15.9 Å². The van der Waals surface area contributed by atoms with Gasteiger partial charge in [0.15, 0.2) is 0 Å². The Bertz CT molecular complexity index is 329. The van der Waals surface area contributed by atoms with Gasteiger partial charge < -0.3 is 9.47 Å². The summed E-state index contributed by atoms with van der Waals surface area (Å²) in [6.45, 7) is 2.16. The van der Waals surface area contributed by atoms with E-state index in [1.54, 1.807) is 12.5 Å². The molecule has 1 unspecified atom stereocenters. The molecule has 2 nitrogen and oxygen atoms in total. The summed E-state index contributed by atoms with van der Waals surface area (Å²) in [5.74, 6) is 1.07. The van der Waals surface area contributed by atoms with Gasteiger partial charge in [-0.15, -0.1) is 0 Å². The monoisotopic (exact) mass is 236 g/mol. The van der Waals surface area contributed by atoms with Crippen molar-refractivity contribution in [2.45, 2.75) is 24.9 Å². The van der Waals surface area contributed by atoms with Crippen LogP contribution >= 0.6 is 11.8 Å². The minimum atomic E-state index is -0.134. The zero-order valence-electron chi connectivity index (χ0n) is 9.34. The lowest BCUT2D eigenvalue weighted by atomic mass is 10.1. The predicted molar refractivity (Wildman–Crippen MR) is 67.2 cm³/mol. The van der Waals surface area contributed by atoms with Crippen molar-refractivity contribution in [2.75, 3.05) is 5.75 Å². The summed E-state index contributed by atoms with van der Waals surface area (Å²) >= 11 is 1.88. The first-order chi connectivity index (χ1) is 7.90. The Morgan fingerprint density at radius 3 is 2.50 bits per heavy atom. The standard InChI is InChI=1S/C13H16O2S/c1-2-16-12(13-14-8-9-15-13)10-11-6-4-3-5-7-11/h3-9,12-13H,2,10H2,1H3. The molecule has 16 heavy (non-hydrogen) atoms. The number of rotatable bonds is 5. The summed E-state index contributed by atoms with van der Waals surface area (Å²) in [7, 11) is 0. The normalized spacial score (nSPS) is 16.8. The molecule has 86 valence electrons. The molecule has 1 atom stereocenters. The van der Waals surface area contributed by atoms with Crippen LogP contribution in [0.4, 0.5) is 0 Å². The van der Waals surface area contributed by atoms with Gasteiger partial charge in [-0.05, 0) is 17.7 Å². The molecule has 3 heteroatoms. The minimum absolute atomic E-state index is 0.134. The van der Waals surface area contributed by atoms with E-state index in [0.29, 0.717) is 5.25 Å². The highest BCUT2D eigenvalue weighted by molar-refractivity contribution is 7.99. The van der Waals surface area contributed by atoms with Gasteiger partial charge in [0.2, 0.25) is 0 Å². The molecule has 0 saturated carbocycles. The molecule has 1 aromatic carbocycles. The average Bonchev–Trinajstić information content (AvgIpc) is 2.83. The first-order valence-corrected chi connectivity index (χ1v) is 6.56. The zero-order valence-corrected chi connectivity index (χ0v) is 10.2. The van der Waals surface area contributed by atoms with Crippen molar-refractivity contribution in [3.63, 3.8) is 0 Å². The van der Waals surface area contributed by atoms with Gasteiger partial charge in [0.05, 0.1) is 5.25 Å². The van der Waals surface area contributed by atoms with E-state index in [1.165, 1.54) is 5.56 Å². The van der Waals surface area contributed by atoms with E-state index in [4.69, 9.17) is 9.47 Å². The summed E-state index contributed by atoms with van der Waals surface area (Å²) in [4.78, 5) is 0. The van der Waals surface area contributed by atoms with E-state index < -0.39 is 0 Å². The van der Waals surface area contributed by atoms with Crippen molar-refractivity contribution >= 4 is 11.8 Å². The molecular weight excluding hydrogens is 220 g/mol. The maximum atomic E-state index is 5.42. The molecule has 0 spiro atoms. The predicted octanol–water partition coefficient (Wildman–Crippen LogP) is 3.19. The molecule has 2 rings (SSSR count). The Hall–Kier alpha value is -1.09. The zero-order chi connectivity index (χ0) is 11.2. The molecule has 0 N–H and O–H groups in total. The van der Waals surface area contributed by atoms with Gasteiger partial charge in [-0.25, -0.2) is 0 Å². The maximum Gasteiger partial charge on any atom is 0.251 e. The van der Waals surface area contributed by atoms with Gasteiger partial charge in [0, 0.05) is 0 Å². The van der Waals surface area contributed by atoms with Crippen LogP contribution in [0.5, 0.6) is 0 Å². The molecule has 0 amide bonds. The molecule has 0 radical (unpaired) electrons. The molecule has 1 aromatic rings. The quantitative estimate of drug-likeness (QED) is 0.782. The van der Waals surface area contributed by atoms with Gasteiger partial charge in [0.25, 0.3) is 6.29 Å². The third-order valence-corrected chi connectivity index (χ3v) is 3.60. The van der Waals surface area contributed by atoms with Crippen molar-refractivity contribution in [1.82, 2.24) is 0 Å². The molecule has 0 bridgehead atoms. The molecule has 0 saturated heterocycles. The van der Waals surface area contributed by atoms with Crippen LogP contribution in [0.2, 0.25) is 0 Å². The van der Waals surface area contributed by atoms with Crippen molar-refractivity contribution < 1.29 is 9.47 Å². The van der Waals surface area contributed by atoms with E-state index in [0.717, 1.165) is 12.2 Å². The highest BCUT2D eigenvalue weighted by Crippen LogP contribution is 2.25. The van der Waals surface area contributed by atoms with Crippen molar-refractivity contribution in [2.24, 2.45) is 0 Å². The number of hydrogen-bond acceptors (Lipinski definition) is 3. The van der Waals surface area contributed by atoms with E-state index in [9.17, 15) is 0 Å². The van der Waals surface area contributed by atoms with Crippen LogP contribution in [0.3, 0.4) is 0 Å². The van der Waals surface area contributed by atoms with Gasteiger partial charge in [-0.2, -0.15) is 11.8 Å². The Morgan fingerprint density at radius 2 is 1.88 bits per heavy atom.